The van der Waals surface area contributed by atoms with Gasteiger partial charge in [0.1, 0.15) is 16.5 Å². The molecule has 0 aliphatic heterocycles. The first-order valence-corrected chi connectivity index (χ1v) is 3.59. The highest BCUT2D eigenvalue weighted by molar-refractivity contribution is 6.32. The first-order chi connectivity index (χ1) is 6.07. The molecule has 0 spiro atoms. The molecule has 2 nitrogen and oxygen atoms in total. The monoisotopic (exact) mass is 211 g/mol. The topological polar surface area (TPSA) is 12.5 Å². The minimum absolute atomic E-state index is 0.0183. The summed E-state index contributed by atoms with van der Waals surface area (Å²) in [4.78, 5) is 0. The second-order valence-corrected chi connectivity index (χ2v) is 2.53. The van der Waals surface area contributed by atoms with Crippen LogP contribution in [0.5, 0.6) is 5.75 Å². The van der Waals surface area contributed by atoms with E-state index in [9.17, 15) is 13.4 Å². The Morgan fingerprint density at radius 3 is 2.46 bits per heavy atom. The van der Waals surface area contributed by atoms with Crippen LogP contribution < -0.4 is 10.1 Å². The molecule has 1 aromatic rings. The predicted molar refractivity (Wildman–Crippen MR) is 42.7 cm³/mol. The van der Waals surface area contributed by atoms with Crippen molar-refractivity contribution in [2.75, 3.05) is 12.5 Å². The van der Waals surface area contributed by atoms with Crippen molar-refractivity contribution >= 4 is 17.3 Å². The Morgan fingerprint density at radius 1 is 1.38 bits per heavy atom. The van der Waals surface area contributed by atoms with E-state index >= 15 is 0 Å². The van der Waals surface area contributed by atoms with Gasteiger partial charge in [-0.2, -0.15) is 0 Å². The molecule has 1 rings (SSSR count). The number of nitrogens with zero attached hydrogens (tertiary/aromatic N) is 1. The zero-order valence-electron chi connectivity index (χ0n) is 6.52. The summed E-state index contributed by atoms with van der Waals surface area (Å²) in [6, 6.07) is 2.03. The lowest BCUT2D eigenvalue weighted by Crippen LogP contribution is -2.00. The third-order valence-electron chi connectivity index (χ3n) is 1.43. The van der Waals surface area contributed by atoms with Gasteiger partial charge in [0.05, 0.1) is 7.11 Å². The Morgan fingerprint density at radius 2 is 2.00 bits per heavy atom. The van der Waals surface area contributed by atoms with Crippen LogP contribution in [0.1, 0.15) is 0 Å². The van der Waals surface area contributed by atoms with E-state index in [0.29, 0.717) is 0 Å². The molecule has 0 aliphatic rings. The third-order valence-corrected chi connectivity index (χ3v) is 1.78. The van der Waals surface area contributed by atoms with Gasteiger partial charge in [-0.3, -0.25) is 0 Å². The molecular formula is C7H5ClF3NO. The summed E-state index contributed by atoms with van der Waals surface area (Å²) in [6.07, 6.45) is 0. The van der Waals surface area contributed by atoms with E-state index in [1.807, 2.05) is 0 Å². The largest absolute Gasteiger partial charge is 0.495 e. The molecule has 0 atom stereocenters. The molecule has 0 saturated carbocycles. The molecule has 1 aromatic carbocycles. The zero-order valence-corrected chi connectivity index (χ0v) is 7.28. The van der Waals surface area contributed by atoms with Crippen LogP contribution in [-0.2, 0) is 0 Å². The van der Waals surface area contributed by atoms with Crippen LogP contribution in [0.2, 0.25) is 5.02 Å². The van der Waals surface area contributed by atoms with Gasteiger partial charge in [-0.05, 0) is 17.5 Å². The van der Waals surface area contributed by atoms with E-state index in [-0.39, 0.29) is 5.75 Å². The average molecular weight is 212 g/mol. The van der Waals surface area contributed by atoms with Crippen molar-refractivity contribution in [1.29, 1.82) is 0 Å². The van der Waals surface area contributed by atoms with Crippen molar-refractivity contribution in [2.45, 2.75) is 0 Å². The summed E-state index contributed by atoms with van der Waals surface area (Å²) in [5.74, 6) is -1.18. The number of methoxy groups -OCH3 is 1. The van der Waals surface area contributed by atoms with Gasteiger partial charge in [-0.15, -0.1) is 0 Å². The molecule has 0 heterocycles. The first-order valence-electron chi connectivity index (χ1n) is 3.21. The van der Waals surface area contributed by atoms with Crippen LogP contribution >= 0.6 is 11.6 Å². The average Bonchev–Trinajstić information content (AvgIpc) is 2.09. The van der Waals surface area contributed by atoms with E-state index in [1.165, 1.54) is 7.11 Å². The van der Waals surface area contributed by atoms with E-state index in [1.54, 1.807) is 0 Å². The number of rotatable bonds is 2. The third kappa shape index (κ3) is 1.80. The Hall–Kier alpha value is -1.10. The maximum Gasteiger partial charge on any atom is 0.174 e. The highest BCUT2D eigenvalue weighted by atomic mass is 35.5. The summed E-state index contributed by atoms with van der Waals surface area (Å²) in [5, 5.41) is -1.80. The second-order valence-electron chi connectivity index (χ2n) is 2.15. The highest BCUT2D eigenvalue weighted by Gasteiger charge is 2.16. The van der Waals surface area contributed by atoms with Crippen LogP contribution in [-0.4, -0.2) is 7.11 Å². The van der Waals surface area contributed by atoms with Crippen molar-refractivity contribution in [2.24, 2.45) is 0 Å². The first kappa shape index (κ1) is 9.98. The number of halogens is 4. The molecule has 0 aliphatic carbocycles. The van der Waals surface area contributed by atoms with Gasteiger partial charge in [0.15, 0.2) is 5.82 Å². The summed E-state index contributed by atoms with van der Waals surface area (Å²) in [6.45, 7) is 0. The molecule has 0 saturated heterocycles. The van der Waals surface area contributed by atoms with Crippen molar-refractivity contribution < 1.29 is 18.1 Å². The van der Waals surface area contributed by atoms with Crippen molar-refractivity contribution in [3.63, 3.8) is 0 Å². The Bertz CT molecular complexity index is 319. The molecule has 0 aromatic heterocycles. The fraction of sp³-hybridized carbons (Fsp3) is 0.143. The lowest BCUT2D eigenvalue weighted by atomic mass is 10.3. The number of anilines is 1. The van der Waals surface area contributed by atoms with Gasteiger partial charge in [0, 0.05) is 0 Å². The summed E-state index contributed by atoms with van der Waals surface area (Å²) in [7, 11) is 1.27. The number of ether oxygens (including phenoxy) is 1. The van der Waals surface area contributed by atoms with Crippen LogP contribution in [0.25, 0.3) is 0 Å². The van der Waals surface area contributed by atoms with Crippen LogP contribution in [0.15, 0.2) is 12.1 Å². The fourth-order valence-electron chi connectivity index (χ4n) is 0.810. The molecule has 0 amide bonds. The van der Waals surface area contributed by atoms with E-state index in [4.69, 9.17) is 11.6 Å². The minimum Gasteiger partial charge on any atom is -0.495 e. The Labute approximate surface area is 77.3 Å². The summed E-state index contributed by atoms with van der Waals surface area (Å²) >= 11 is 5.38. The molecule has 6 heteroatoms. The molecule has 0 unspecified atom stereocenters. The van der Waals surface area contributed by atoms with Gasteiger partial charge >= 0.3 is 0 Å². The summed E-state index contributed by atoms with van der Waals surface area (Å²) < 4.78 is 41.5. The predicted octanol–water partition coefficient (Wildman–Crippen LogP) is 3.06. The van der Waals surface area contributed by atoms with Crippen molar-refractivity contribution in [3.05, 3.63) is 23.0 Å². The molecule has 0 radical (unpaired) electrons. The van der Waals surface area contributed by atoms with E-state index in [0.717, 1.165) is 12.1 Å². The maximum atomic E-state index is 13.0. The van der Waals surface area contributed by atoms with Gasteiger partial charge in [0.2, 0.25) is 0 Å². The van der Waals surface area contributed by atoms with Crippen LogP contribution in [0, 0.1) is 5.82 Å². The van der Waals surface area contributed by atoms with E-state index < -0.39 is 21.9 Å². The zero-order chi connectivity index (χ0) is 10.0. The number of hydrogen-bond acceptors (Lipinski definition) is 2. The van der Waals surface area contributed by atoms with E-state index in [2.05, 4.69) is 4.74 Å². The van der Waals surface area contributed by atoms with Gasteiger partial charge in [-0.1, -0.05) is 20.6 Å². The quantitative estimate of drug-likeness (QED) is 0.697. The Kier molecular flexibility index (Phi) is 2.87. The summed E-state index contributed by atoms with van der Waals surface area (Å²) in [5.41, 5.74) is -0.884. The maximum absolute atomic E-state index is 13.0. The molecule has 0 bridgehead atoms. The van der Waals surface area contributed by atoms with Gasteiger partial charge < -0.3 is 4.74 Å². The van der Waals surface area contributed by atoms with Crippen molar-refractivity contribution in [1.82, 2.24) is 0 Å². The molecule has 0 fully saturated rings. The van der Waals surface area contributed by atoms with Crippen LogP contribution in [0.4, 0.5) is 19.0 Å². The molecular weight excluding hydrogens is 207 g/mol. The lowest BCUT2D eigenvalue weighted by molar-refractivity contribution is 0.230. The molecule has 72 valence electrons. The van der Waals surface area contributed by atoms with Crippen LogP contribution in [0.3, 0.4) is 0 Å². The van der Waals surface area contributed by atoms with Crippen molar-refractivity contribution in [3.8, 4) is 5.75 Å². The molecule has 0 N–H and O–H groups in total. The minimum atomic E-state index is -1.35. The SMILES string of the molecule is COc1ccc(N(F)F)c(F)c1Cl. The fourth-order valence-corrected chi connectivity index (χ4v) is 1.05. The smallest absolute Gasteiger partial charge is 0.174 e. The van der Waals surface area contributed by atoms with Gasteiger partial charge in [-0.25, -0.2) is 4.39 Å². The lowest BCUT2D eigenvalue weighted by Gasteiger charge is -2.07. The number of hydrogen-bond donors (Lipinski definition) is 0. The standard InChI is InChI=1S/C7H5ClF3NO/c1-13-5-3-2-4(12(10)11)7(9)6(5)8/h2-3H,1H3. The Balaban J connectivity index is 3.23. The highest BCUT2D eigenvalue weighted by Crippen LogP contribution is 2.33. The second kappa shape index (κ2) is 3.74. The normalized spacial score (nSPS) is 9.92. The number of benzene rings is 1. The molecule has 13 heavy (non-hydrogen) atoms. The van der Waals surface area contributed by atoms with Gasteiger partial charge in [0.25, 0.3) is 0 Å².